The van der Waals surface area contributed by atoms with Gasteiger partial charge in [0.05, 0.1) is 5.39 Å². The van der Waals surface area contributed by atoms with Gasteiger partial charge in [-0.1, -0.05) is 12.1 Å². The number of benzene rings is 2. The summed E-state index contributed by atoms with van der Waals surface area (Å²) in [5, 5.41) is 9.03. The van der Waals surface area contributed by atoms with Crippen molar-refractivity contribution in [1.29, 1.82) is 0 Å². The molecule has 1 aromatic heterocycles. The Morgan fingerprint density at radius 3 is 2.62 bits per heavy atom. The second-order valence-corrected chi connectivity index (χ2v) is 5.01. The summed E-state index contributed by atoms with van der Waals surface area (Å²) < 4.78 is 5.64. The Morgan fingerprint density at radius 1 is 1.12 bits per heavy atom. The molecule has 0 bridgehead atoms. The van der Waals surface area contributed by atoms with Gasteiger partial charge in [-0.25, -0.2) is 9.78 Å². The molecule has 120 valence electrons. The van der Waals surface area contributed by atoms with Crippen LogP contribution in [0.5, 0.6) is 0 Å². The molecule has 0 saturated heterocycles. The van der Waals surface area contributed by atoms with Crippen LogP contribution in [0.1, 0.15) is 10.5 Å². The molecule has 7 nitrogen and oxygen atoms in total. The molecule has 0 saturated carbocycles. The Bertz CT molecular complexity index is 1190. The quantitative estimate of drug-likeness (QED) is 0.404. The maximum Gasteiger partial charge on any atom is 0.352 e. The summed E-state index contributed by atoms with van der Waals surface area (Å²) in [7, 11) is 0. The Morgan fingerprint density at radius 2 is 1.88 bits per heavy atom. The number of rotatable bonds is 1. The summed E-state index contributed by atoms with van der Waals surface area (Å²) >= 11 is 0. The van der Waals surface area contributed by atoms with E-state index in [1.807, 2.05) is 0 Å². The fraction of sp³-hybridized carbons (Fsp3) is 0. The number of carbonyl (C=O) groups is 1. The lowest BCUT2D eigenvalue weighted by Gasteiger charge is -2.09. The normalized spacial score (nSPS) is 10.8. The highest BCUT2D eigenvalue weighted by Gasteiger charge is 2.20. The molecule has 24 heavy (non-hydrogen) atoms. The van der Waals surface area contributed by atoms with E-state index in [1.165, 1.54) is 6.07 Å². The van der Waals surface area contributed by atoms with Gasteiger partial charge in [-0.3, -0.25) is 9.59 Å². The number of fused-ring (bicyclic) bond motifs is 4. The van der Waals surface area contributed by atoms with Crippen LogP contribution in [0.25, 0.3) is 33.5 Å². The molecular formula is C16H9ClN2O5. The third kappa shape index (κ3) is 2.22. The third-order valence-electron chi connectivity index (χ3n) is 3.56. The van der Waals surface area contributed by atoms with Crippen LogP contribution >= 0.6 is 12.4 Å². The number of nitrogens with one attached hydrogen (secondary N) is 1. The van der Waals surface area contributed by atoms with Crippen LogP contribution in [0.3, 0.4) is 0 Å². The van der Waals surface area contributed by atoms with Gasteiger partial charge in [-0.05, 0) is 12.1 Å². The molecule has 8 heteroatoms. The highest BCUT2D eigenvalue weighted by atomic mass is 35.5. The van der Waals surface area contributed by atoms with E-state index < -0.39 is 16.8 Å². The van der Waals surface area contributed by atoms with Crippen LogP contribution in [0.2, 0.25) is 0 Å². The molecule has 0 fully saturated rings. The van der Waals surface area contributed by atoms with Crippen molar-refractivity contribution < 1.29 is 14.3 Å². The third-order valence-corrected chi connectivity index (χ3v) is 3.56. The molecule has 2 aliphatic rings. The van der Waals surface area contributed by atoms with Gasteiger partial charge in [-0.2, -0.15) is 0 Å². The summed E-state index contributed by atoms with van der Waals surface area (Å²) in [5.74, 6) is -1.14. The minimum absolute atomic E-state index is 0. The Kier molecular flexibility index (Phi) is 3.57. The fourth-order valence-electron chi connectivity index (χ4n) is 2.54. The zero-order valence-electron chi connectivity index (χ0n) is 11.9. The first-order chi connectivity index (χ1) is 11.0. The van der Waals surface area contributed by atoms with E-state index in [0.717, 1.165) is 6.07 Å². The zero-order valence-corrected chi connectivity index (χ0v) is 12.7. The second-order valence-electron chi connectivity index (χ2n) is 5.01. The summed E-state index contributed by atoms with van der Waals surface area (Å²) in [6.07, 6.45) is 0. The number of aromatic nitrogens is 2. The standard InChI is InChI=1S/C16H8N2O5.ClH/c19-9-5-8(16(21)22)18-14-10(20)6-12-15(13(9)14)17-7-3-1-2-4-11(7)23-12;/h1-6H,(H,18,19)(H,21,22);1H. The Hall–Kier alpha value is -3.19. The number of aromatic carboxylic acids is 1. The van der Waals surface area contributed by atoms with Gasteiger partial charge in [0.1, 0.15) is 22.4 Å². The SMILES string of the molecule is Cl.O=C(O)c1cc(=O)c2c3nc4ccccc4oc-3cc(=O)c2[nH]1. The minimum atomic E-state index is -1.32. The molecule has 2 heterocycles. The van der Waals surface area contributed by atoms with Crippen LogP contribution in [0, 0.1) is 0 Å². The predicted molar refractivity (Wildman–Crippen MR) is 89.2 cm³/mol. The van der Waals surface area contributed by atoms with E-state index in [1.54, 1.807) is 24.3 Å². The molecular weight excluding hydrogens is 336 g/mol. The molecule has 0 atom stereocenters. The molecule has 0 radical (unpaired) electrons. The van der Waals surface area contributed by atoms with Gasteiger partial charge < -0.3 is 14.5 Å². The zero-order chi connectivity index (χ0) is 16.1. The number of hydrogen-bond acceptors (Lipinski definition) is 5. The van der Waals surface area contributed by atoms with Gasteiger partial charge in [0.25, 0.3) is 0 Å². The molecule has 0 unspecified atom stereocenters. The van der Waals surface area contributed by atoms with E-state index in [0.29, 0.717) is 11.1 Å². The van der Waals surface area contributed by atoms with Crippen LogP contribution in [0.15, 0.2) is 50.4 Å². The van der Waals surface area contributed by atoms with Crippen molar-refractivity contribution in [2.24, 2.45) is 0 Å². The van der Waals surface area contributed by atoms with E-state index in [2.05, 4.69) is 9.97 Å². The summed E-state index contributed by atoms with van der Waals surface area (Å²) in [5.41, 5.74) is -0.349. The summed E-state index contributed by atoms with van der Waals surface area (Å²) in [6, 6.07) is 9.08. The van der Waals surface area contributed by atoms with Crippen molar-refractivity contribution in [3.05, 3.63) is 62.5 Å². The smallest absolute Gasteiger partial charge is 0.352 e. The number of pyridine rings is 1. The summed E-state index contributed by atoms with van der Waals surface area (Å²) in [4.78, 5) is 42.4. The largest absolute Gasteiger partial charge is 0.477 e. The predicted octanol–water partition coefficient (Wildman–Crippen LogP) is 2.25. The lowest BCUT2D eigenvalue weighted by atomic mass is 10.1. The average molecular weight is 345 g/mol. The average Bonchev–Trinajstić information content (AvgIpc) is 2.53. The first kappa shape index (κ1) is 15.7. The van der Waals surface area contributed by atoms with Crippen molar-refractivity contribution in [2.75, 3.05) is 0 Å². The van der Waals surface area contributed by atoms with E-state index in [9.17, 15) is 14.4 Å². The van der Waals surface area contributed by atoms with E-state index in [-0.39, 0.29) is 40.5 Å². The number of para-hydroxylation sites is 2. The number of carboxylic acid groups (broad SMARTS) is 1. The maximum absolute atomic E-state index is 12.3. The molecule has 1 aliphatic heterocycles. The molecule has 0 amide bonds. The van der Waals surface area contributed by atoms with Gasteiger partial charge in [0, 0.05) is 12.1 Å². The van der Waals surface area contributed by atoms with Gasteiger partial charge in [0.2, 0.25) is 5.43 Å². The molecule has 1 aliphatic carbocycles. The maximum atomic E-state index is 12.3. The van der Waals surface area contributed by atoms with Crippen LogP contribution in [-0.4, -0.2) is 21.0 Å². The number of halogens is 1. The first-order valence-corrected chi connectivity index (χ1v) is 6.67. The van der Waals surface area contributed by atoms with Crippen LogP contribution in [-0.2, 0) is 0 Å². The second kappa shape index (κ2) is 5.47. The van der Waals surface area contributed by atoms with Crippen LogP contribution < -0.4 is 10.9 Å². The highest BCUT2D eigenvalue weighted by Crippen LogP contribution is 2.27. The summed E-state index contributed by atoms with van der Waals surface area (Å²) in [6.45, 7) is 0. The number of H-pyrrole nitrogens is 1. The molecule has 0 spiro atoms. The topological polar surface area (TPSA) is 113 Å². The van der Waals surface area contributed by atoms with Gasteiger partial charge in [-0.15, -0.1) is 12.4 Å². The molecule has 2 N–H and O–H groups in total. The van der Waals surface area contributed by atoms with Crippen molar-refractivity contribution in [1.82, 2.24) is 9.97 Å². The van der Waals surface area contributed by atoms with Crippen LogP contribution in [0.4, 0.5) is 0 Å². The monoisotopic (exact) mass is 344 g/mol. The van der Waals surface area contributed by atoms with E-state index in [4.69, 9.17) is 9.52 Å². The van der Waals surface area contributed by atoms with Crippen molar-refractivity contribution >= 4 is 40.4 Å². The Balaban J connectivity index is 0.00000169. The van der Waals surface area contributed by atoms with Crippen molar-refractivity contribution in [2.45, 2.75) is 0 Å². The lowest BCUT2D eigenvalue weighted by molar-refractivity contribution is 0.0691. The first-order valence-electron chi connectivity index (χ1n) is 6.67. The minimum Gasteiger partial charge on any atom is -0.477 e. The van der Waals surface area contributed by atoms with Crippen molar-refractivity contribution in [3.8, 4) is 11.5 Å². The number of hydrogen-bond donors (Lipinski definition) is 2. The molecule has 2 aromatic rings. The van der Waals surface area contributed by atoms with Gasteiger partial charge >= 0.3 is 5.97 Å². The number of nitrogens with zero attached hydrogens (tertiary/aromatic N) is 1. The highest BCUT2D eigenvalue weighted by molar-refractivity contribution is 5.96. The van der Waals surface area contributed by atoms with Crippen molar-refractivity contribution in [3.63, 3.8) is 0 Å². The fourth-order valence-corrected chi connectivity index (χ4v) is 2.54. The van der Waals surface area contributed by atoms with Gasteiger partial charge in [0.15, 0.2) is 16.8 Å². The van der Waals surface area contributed by atoms with E-state index >= 15 is 0 Å². The molecule has 4 rings (SSSR count). The number of carboxylic acids is 1. The Labute approximate surface area is 139 Å². The lowest BCUT2D eigenvalue weighted by Crippen LogP contribution is -2.17. The number of aromatic amines is 1. The molecule has 1 aromatic carbocycles.